The average Bonchev–Trinajstić information content (AvgIpc) is 2.70. The minimum Gasteiger partial charge on any atom is -0.395 e. The van der Waals surface area contributed by atoms with E-state index in [0.29, 0.717) is 11.7 Å². The van der Waals surface area contributed by atoms with Gasteiger partial charge in [0.15, 0.2) is 5.13 Å². The molecule has 0 aliphatic rings. The van der Waals surface area contributed by atoms with Crippen LogP contribution in [0, 0.1) is 0 Å². The van der Waals surface area contributed by atoms with Crippen molar-refractivity contribution in [2.45, 2.75) is 0 Å². The van der Waals surface area contributed by atoms with Gasteiger partial charge in [-0.25, -0.2) is 4.98 Å². The summed E-state index contributed by atoms with van der Waals surface area (Å²) in [5.74, 6) is -0.120. The molecule has 0 atom stereocenters. The second kappa shape index (κ2) is 5.90. The Kier molecular flexibility index (Phi) is 4.24. The van der Waals surface area contributed by atoms with Gasteiger partial charge in [0, 0.05) is 6.54 Å². The first-order valence-corrected chi connectivity index (χ1v) is 6.45. The van der Waals surface area contributed by atoms with Crippen molar-refractivity contribution in [3.8, 4) is 0 Å². The van der Waals surface area contributed by atoms with Crippen molar-refractivity contribution >= 4 is 32.6 Å². The van der Waals surface area contributed by atoms with Gasteiger partial charge in [-0.05, 0) is 19.2 Å². The Morgan fingerprint density at radius 1 is 1.50 bits per heavy atom. The standard InChI is InChI=1S/C12H15N3O2S/c1-15(6-7-16)8-11(17)14-12-13-9-4-2-3-5-10(9)18-12/h2-5,16H,6-8H2,1H3,(H,13,14,17). The lowest BCUT2D eigenvalue weighted by molar-refractivity contribution is -0.117. The smallest absolute Gasteiger partial charge is 0.240 e. The number of carbonyl (C=O) groups is 1. The van der Waals surface area contributed by atoms with Crippen molar-refractivity contribution in [3.63, 3.8) is 0 Å². The van der Waals surface area contributed by atoms with Gasteiger partial charge in [-0.2, -0.15) is 0 Å². The van der Waals surface area contributed by atoms with E-state index < -0.39 is 0 Å². The highest BCUT2D eigenvalue weighted by atomic mass is 32.1. The molecule has 1 aromatic heterocycles. The molecule has 0 aliphatic heterocycles. The SMILES string of the molecule is CN(CCO)CC(=O)Nc1nc2ccccc2s1. The number of hydrogen-bond donors (Lipinski definition) is 2. The predicted molar refractivity (Wildman–Crippen MR) is 72.8 cm³/mol. The molecular formula is C12H15N3O2S. The van der Waals surface area contributed by atoms with E-state index in [2.05, 4.69) is 10.3 Å². The molecular weight excluding hydrogens is 250 g/mol. The van der Waals surface area contributed by atoms with E-state index in [1.165, 1.54) is 11.3 Å². The van der Waals surface area contributed by atoms with Crippen molar-refractivity contribution in [3.05, 3.63) is 24.3 Å². The van der Waals surface area contributed by atoms with Crippen LogP contribution in [-0.4, -0.2) is 47.6 Å². The van der Waals surface area contributed by atoms with E-state index >= 15 is 0 Å². The number of rotatable bonds is 5. The molecule has 0 spiro atoms. The number of likely N-dealkylation sites (N-methyl/N-ethyl adjacent to an activating group) is 1. The van der Waals surface area contributed by atoms with Crippen molar-refractivity contribution in [1.29, 1.82) is 0 Å². The van der Waals surface area contributed by atoms with Gasteiger partial charge < -0.3 is 10.4 Å². The number of aliphatic hydroxyl groups excluding tert-OH is 1. The lowest BCUT2D eigenvalue weighted by Crippen LogP contribution is -2.32. The second-order valence-corrected chi connectivity index (χ2v) is 5.03. The van der Waals surface area contributed by atoms with E-state index in [4.69, 9.17) is 5.11 Å². The Balaban J connectivity index is 1.98. The highest BCUT2D eigenvalue weighted by Crippen LogP contribution is 2.25. The molecule has 0 aliphatic carbocycles. The Hall–Kier alpha value is -1.50. The Morgan fingerprint density at radius 2 is 2.28 bits per heavy atom. The molecule has 2 aromatic rings. The molecule has 2 rings (SSSR count). The zero-order valence-corrected chi connectivity index (χ0v) is 10.9. The van der Waals surface area contributed by atoms with Crippen LogP contribution in [0.3, 0.4) is 0 Å². The van der Waals surface area contributed by atoms with E-state index in [1.807, 2.05) is 24.3 Å². The summed E-state index contributed by atoms with van der Waals surface area (Å²) in [5.41, 5.74) is 0.890. The maximum atomic E-state index is 11.7. The van der Waals surface area contributed by atoms with Crippen LogP contribution in [0.15, 0.2) is 24.3 Å². The summed E-state index contributed by atoms with van der Waals surface area (Å²) in [4.78, 5) is 17.8. The number of anilines is 1. The summed E-state index contributed by atoms with van der Waals surface area (Å²) in [5, 5.41) is 12.1. The maximum absolute atomic E-state index is 11.7. The van der Waals surface area contributed by atoms with Crippen molar-refractivity contribution < 1.29 is 9.90 Å². The molecule has 1 heterocycles. The fourth-order valence-electron chi connectivity index (χ4n) is 1.58. The summed E-state index contributed by atoms with van der Waals surface area (Å²) in [7, 11) is 1.79. The Morgan fingerprint density at radius 3 is 3.00 bits per heavy atom. The van der Waals surface area contributed by atoms with Crippen LogP contribution in [0.1, 0.15) is 0 Å². The van der Waals surface area contributed by atoms with Crippen molar-refractivity contribution in [1.82, 2.24) is 9.88 Å². The summed E-state index contributed by atoms with van der Waals surface area (Å²) < 4.78 is 1.05. The van der Waals surface area contributed by atoms with Gasteiger partial charge in [-0.15, -0.1) is 0 Å². The molecule has 2 N–H and O–H groups in total. The third-order valence-electron chi connectivity index (χ3n) is 2.44. The van der Waals surface area contributed by atoms with Crippen LogP contribution in [0.25, 0.3) is 10.2 Å². The fourth-order valence-corrected chi connectivity index (χ4v) is 2.46. The third kappa shape index (κ3) is 3.25. The predicted octanol–water partition coefficient (Wildman–Crippen LogP) is 1.16. The molecule has 0 radical (unpaired) electrons. The first-order chi connectivity index (χ1) is 8.69. The van der Waals surface area contributed by atoms with Gasteiger partial charge in [-0.3, -0.25) is 9.69 Å². The van der Waals surface area contributed by atoms with Crippen LogP contribution in [0.2, 0.25) is 0 Å². The minimum absolute atomic E-state index is 0.0465. The maximum Gasteiger partial charge on any atom is 0.240 e. The third-order valence-corrected chi connectivity index (χ3v) is 3.39. The lowest BCUT2D eigenvalue weighted by atomic mass is 10.3. The lowest BCUT2D eigenvalue weighted by Gasteiger charge is -2.13. The number of thiazole rings is 1. The highest BCUT2D eigenvalue weighted by Gasteiger charge is 2.09. The van der Waals surface area contributed by atoms with Crippen molar-refractivity contribution in [2.75, 3.05) is 32.1 Å². The quantitative estimate of drug-likeness (QED) is 0.851. The molecule has 0 unspecified atom stereocenters. The zero-order chi connectivity index (χ0) is 13.0. The molecule has 96 valence electrons. The van der Waals surface area contributed by atoms with Crippen LogP contribution >= 0.6 is 11.3 Å². The Bertz CT molecular complexity index is 508. The minimum atomic E-state index is -0.120. The van der Waals surface area contributed by atoms with Crippen LogP contribution < -0.4 is 5.32 Å². The first-order valence-electron chi connectivity index (χ1n) is 5.64. The van der Waals surface area contributed by atoms with Crippen LogP contribution in [0.5, 0.6) is 0 Å². The highest BCUT2D eigenvalue weighted by molar-refractivity contribution is 7.22. The van der Waals surface area contributed by atoms with Gasteiger partial charge in [0.25, 0.3) is 0 Å². The van der Waals surface area contributed by atoms with E-state index in [1.54, 1.807) is 11.9 Å². The van der Waals surface area contributed by atoms with Crippen LogP contribution in [0.4, 0.5) is 5.13 Å². The topological polar surface area (TPSA) is 65.5 Å². The normalized spacial score (nSPS) is 11.1. The molecule has 6 heteroatoms. The number of aromatic nitrogens is 1. The fraction of sp³-hybridized carbons (Fsp3) is 0.333. The molecule has 18 heavy (non-hydrogen) atoms. The van der Waals surface area contributed by atoms with Gasteiger partial charge in [0.05, 0.1) is 23.4 Å². The molecule has 0 bridgehead atoms. The number of amides is 1. The number of aliphatic hydroxyl groups is 1. The van der Waals surface area contributed by atoms with Crippen LogP contribution in [-0.2, 0) is 4.79 Å². The zero-order valence-electron chi connectivity index (χ0n) is 10.1. The number of carbonyl (C=O) groups excluding carboxylic acids is 1. The Labute approximate surface area is 109 Å². The summed E-state index contributed by atoms with van der Waals surface area (Å²) in [6.07, 6.45) is 0. The first kappa shape index (κ1) is 12.9. The largest absolute Gasteiger partial charge is 0.395 e. The number of nitrogens with one attached hydrogen (secondary N) is 1. The van der Waals surface area contributed by atoms with Gasteiger partial charge >= 0.3 is 0 Å². The van der Waals surface area contributed by atoms with E-state index in [-0.39, 0.29) is 19.1 Å². The average molecular weight is 265 g/mol. The van der Waals surface area contributed by atoms with E-state index in [9.17, 15) is 4.79 Å². The number of benzene rings is 1. The molecule has 1 aromatic carbocycles. The number of para-hydroxylation sites is 1. The molecule has 0 saturated carbocycles. The number of fused-ring (bicyclic) bond motifs is 1. The molecule has 1 amide bonds. The second-order valence-electron chi connectivity index (χ2n) is 4.00. The van der Waals surface area contributed by atoms with Gasteiger partial charge in [-0.1, -0.05) is 23.5 Å². The summed E-state index contributed by atoms with van der Waals surface area (Å²) in [6.45, 7) is 0.772. The van der Waals surface area contributed by atoms with Crippen molar-refractivity contribution in [2.24, 2.45) is 0 Å². The summed E-state index contributed by atoms with van der Waals surface area (Å²) in [6, 6.07) is 7.75. The molecule has 0 saturated heterocycles. The summed E-state index contributed by atoms with van der Waals surface area (Å²) >= 11 is 1.46. The monoisotopic (exact) mass is 265 g/mol. The number of nitrogens with zero attached hydrogens (tertiary/aromatic N) is 2. The number of hydrogen-bond acceptors (Lipinski definition) is 5. The van der Waals surface area contributed by atoms with Gasteiger partial charge in [0.2, 0.25) is 5.91 Å². The van der Waals surface area contributed by atoms with Gasteiger partial charge in [0.1, 0.15) is 0 Å². The van der Waals surface area contributed by atoms with E-state index in [0.717, 1.165) is 10.2 Å². The molecule has 5 nitrogen and oxygen atoms in total. The molecule has 0 fully saturated rings.